The van der Waals surface area contributed by atoms with Crippen LogP contribution >= 0.6 is 11.8 Å². The Labute approximate surface area is 123 Å². The van der Waals surface area contributed by atoms with Gasteiger partial charge >= 0.3 is 0 Å². The summed E-state index contributed by atoms with van der Waals surface area (Å²) in [6.45, 7) is 5.84. The van der Waals surface area contributed by atoms with E-state index in [0.29, 0.717) is 18.6 Å². The maximum atomic E-state index is 5.70. The number of thioether (sulfide) groups is 1. The van der Waals surface area contributed by atoms with Crippen molar-refractivity contribution in [1.29, 1.82) is 0 Å². The summed E-state index contributed by atoms with van der Waals surface area (Å²) in [7, 11) is 0. The molecule has 2 aliphatic rings. The number of benzene rings is 1. The summed E-state index contributed by atoms with van der Waals surface area (Å²) in [4.78, 5) is 4.69. The molecule has 4 nitrogen and oxygen atoms in total. The molecule has 0 aromatic heterocycles. The van der Waals surface area contributed by atoms with Crippen LogP contribution in [-0.4, -0.2) is 30.2 Å². The highest BCUT2D eigenvalue weighted by Gasteiger charge is 2.19. The molecule has 3 rings (SSSR count). The van der Waals surface area contributed by atoms with Gasteiger partial charge in [0.05, 0.1) is 19.3 Å². The van der Waals surface area contributed by atoms with Crippen LogP contribution in [0.3, 0.4) is 0 Å². The highest BCUT2D eigenvalue weighted by atomic mass is 32.2. The van der Waals surface area contributed by atoms with E-state index in [-0.39, 0.29) is 0 Å². The number of aliphatic imine (C=N–C) groups is 1. The van der Waals surface area contributed by atoms with Gasteiger partial charge in [0.25, 0.3) is 0 Å². The molecule has 0 fully saturated rings. The van der Waals surface area contributed by atoms with Crippen molar-refractivity contribution in [2.24, 2.45) is 10.9 Å². The fourth-order valence-corrected chi connectivity index (χ4v) is 3.26. The predicted molar refractivity (Wildman–Crippen MR) is 84.2 cm³/mol. The van der Waals surface area contributed by atoms with E-state index >= 15 is 0 Å². The van der Waals surface area contributed by atoms with E-state index in [1.165, 1.54) is 0 Å². The second kappa shape index (κ2) is 5.95. The second-order valence-electron chi connectivity index (χ2n) is 5.30. The monoisotopic (exact) mass is 292 g/mol. The summed E-state index contributed by atoms with van der Waals surface area (Å²) in [5, 5.41) is 4.37. The Morgan fingerprint density at radius 3 is 2.80 bits per heavy atom. The lowest BCUT2D eigenvalue weighted by atomic mass is 10.1. The van der Waals surface area contributed by atoms with Crippen molar-refractivity contribution in [1.82, 2.24) is 0 Å². The maximum absolute atomic E-state index is 5.70. The smallest absolute Gasteiger partial charge is 0.163 e. The fraction of sp³-hybridized carbons (Fsp3) is 0.533. The summed E-state index contributed by atoms with van der Waals surface area (Å²) >= 11 is 1.78. The molecular weight excluding hydrogens is 272 g/mol. The Kier molecular flexibility index (Phi) is 4.05. The summed E-state index contributed by atoms with van der Waals surface area (Å²) in [6.07, 6.45) is 0.926. The minimum Gasteiger partial charge on any atom is -0.490 e. The van der Waals surface area contributed by atoms with E-state index < -0.39 is 0 Å². The Morgan fingerprint density at radius 1 is 1.20 bits per heavy atom. The van der Waals surface area contributed by atoms with Gasteiger partial charge in [0, 0.05) is 23.9 Å². The van der Waals surface area contributed by atoms with Crippen LogP contribution in [0.25, 0.3) is 0 Å². The Bertz CT molecular complexity index is 519. The van der Waals surface area contributed by atoms with Crippen LogP contribution in [0.1, 0.15) is 20.3 Å². The summed E-state index contributed by atoms with van der Waals surface area (Å²) in [5.74, 6) is 3.38. The number of rotatable bonds is 1. The van der Waals surface area contributed by atoms with E-state index in [4.69, 9.17) is 9.47 Å². The topological polar surface area (TPSA) is 42.8 Å². The third-order valence-electron chi connectivity index (χ3n) is 3.63. The number of hydrogen-bond acceptors (Lipinski definition) is 5. The molecular formula is C15H20N2O2S. The van der Waals surface area contributed by atoms with Crippen molar-refractivity contribution in [3.63, 3.8) is 0 Å². The lowest BCUT2D eigenvalue weighted by molar-refractivity contribution is 0.297. The van der Waals surface area contributed by atoms with Crippen LogP contribution in [0.4, 0.5) is 5.69 Å². The Morgan fingerprint density at radius 2 is 2.00 bits per heavy atom. The summed E-state index contributed by atoms with van der Waals surface area (Å²) in [6, 6.07) is 6.34. The van der Waals surface area contributed by atoms with Gasteiger partial charge in [-0.2, -0.15) is 0 Å². The lowest BCUT2D eigenvalue weighted by Crippen LogP contribution is -2.25. The number of fused-ring (bicyclic) bond motifs is 1. The van der Waals surface area contributed by atoms with Gasteiger partial charge in [-0.1, -0.05) is 18.7 Å². The molecule has 2 unspecified atom stereocenters. The number of nitrogens with one attached hydrogen (secondary N) is 1. The SMILES string of the molecule is CC1CSC(Nc2ccc3c(c2)OCCCO3)=NC1C. The third-order valence-corrected chi connectivity index (χ3v) is 4.80. The van der Waals surface area contributed by atoms with Gasteiger partial charge in [-0.3, -0.25) is 4.99 Å². The molecule has 20 heavy (non-hydrogen) atoms. The molecule has 0 bridgehead atoms. The van der Waals surface area contributed by atoms with E-state index in [9.17, 15) is 0 Å². The normalized spacial score (nSPS) is 25.6. The Balaban J connectivity index is 1.75. The molecule has 0 radical (unpaired) electrons. The molecule has 2 atom stereocenters. The fourth-order valence-electron chi connectivity index (χ4n) is 2.13. The molecule has 0 spiro atoms. The molecule has 1 aromatic rings. The van der Waals surface area contributed by atoms with Crippen LogP contribution in [0.5, 0.6) is 11.5 Å². The largest absolute Gasteiger partial charge is 0.490 e. The molecule has 0 saturated carbocycles. The van der Waals surface area contributed by atoms with Gasteiger partial charge in [-0.05, 0) is 25.0 Å². The molecule has 108 valence electrons. The van der Waals surface area contributed by atoms with Gasteiger partial charge in [0.15, 0.2) is 16.7 Å². The first-order valence-corrected chi connectivity index (χ1v) is 8.08. The summed E-state index contributed by atoms with van der Waals surface area (Å²) < 4.78 is 11.3. The van der Waals surface area contributed by atoms with Crippen LogP contribution in [0.15, 0.2) is 23.2 Å². The molecule has 5 heteroatoms. The molecule has 0 saturated heterocycles. The average Bonchev–Trinajstić information content (AvgIpc) is 2.68. The quantitative estimate of drug-likeness (QED) is 0.861. The van der Waals surface area contributed by atoms with Gasteiger partial charge in [-0.15, -0.1) is 0 Å². The van der Waals surface area contributed by atoms with Gasteiger partial charge < -0.3 is 14.8 Å². The van der Waals surface area contributed by atoms with Crippen molar-refractivity contribution >= 4 is 22.6 Å². The van der Waals surface area contributed by atoms with Crippen molar-refractivity contribution in [2.45, 2.75) is 26.3 Å². The third kappa shape index (κ3) is 3.03. The molecule has 0 amide bonds. The van der Waals surface area contributed by atoms with E-state index in [0.717, 1.165) is 41.1 Å². The van der Waals surface area contributed by atoms with Gasteiger partial charge in [0.2, 0.25) is 0 Å². The number of amidine groups is 1. The van der Waals surface area contributed by atoms with Gasteiger partial charge in [0.1, 0.15) is 0 Å². The highest BCUT2D eigenvalue weighted by Crippen LogP contribution is 2.33. The van der Waals surface area contributed by atoms with Crippen molar-refractivity contribution in [3.05, 3.63) is 18.2 Å². The number of nitrogens with zero attached hydrogens (tertiary/aromatic N) is 1. The predicted octanol–water partition coefficient (Wildman–Crippen LogP) is 3.39. The number of anilines is 1. The van der Waals surface area contributed by atoms with Crippen molar-refractivity contribution in [2.75, 3.05) is 24.3 Å². The van der Waals surface area contributed by atoms with Crippen LogP contribution in [0.2, 0.25) is 0 Å². The molecule has 1 N–H and O–H groups in total. The van der Waals surface area contributed by atoms with E-state index in [2.05, 4.69) is 24.2 Å². The maximum Gasteiger partial charge on any atom is 0.163 e. The van der Waals surface area contributed by atoms with E-state index in [1.807, 2.05) is 18.2 Å². The zero-order chi connectivity index (χ0) is 13.9. The first-order chi connectivity index (χ1) is 9.72. The second-order valence-corrected chi connectivity index (χ2v) is 6.31. The van der Waals surface area contributed by atoms with Crippen LogP contribution < -0.4 is 14.8 Å². The molecule has 2 heterocycles. The number of ether oxygens (including phenoxy) is 2. The summed E-state index contributed by atoms with van der Waals surface area (Å²) in [5.41, 5.74) is 1.00. The van der Waals surface area contributed by atoms with Crippen molar-refractivity contribution < 1.29 is 9.47 Å². The first kappa shape index (κ1) is 13.6. The van der Waals surface area contributed by atoms with Crippen LogP contribution in [0, 0.1) is 5.92 Å². The minimum absolute atomic E-state index is 0.374. The van der Waals surface area contributed by atoms with Gasteiger partial charge in [-0.25, -0.2) is 0 Å². The average molecular weight is 292 g/mol. The molecule has 2 aliphatic heterocycles. The van der Waals surface area contributed by atoms with Crippen LogP contribution in [-0.2, 0) is 0 Å². The zero-order valence-corrected chi connectivity index (χ0v) is 12.7. The zero-order valence-electron chi connectivity index (χ0n) is 11.9. The minimum atomic E-state index is 0.374. The standard InChI is InChI=1S/C15H20N2O2S/c1-10-9-20-15(16-11(10)2)17-12-4-5-13-14(8-12)19-7-3-6-18-13/h4-5,8,10-11H,3,6-7,9H2,1-2H3,(H,16,17). The highest BCUT2D eigenvalue weighted by molar-refractivity contribution is 8.14. The lowest BCUT2D eigenvalue weighted by Gasteiger charge is -2.23. The van der Waals surface area contributed by atoms with E-state index in [1.54, 1.807) is 11.8 Å². The van der Waals surface area contributed by atoms with Crippen molar-refractivity contribution in [3.8, 4) is 11.5 Å². The first-order valence-electron chi connectivity index (χ1n) is 7.09. The molecule has 1 aromatic carbocycles. The molecule has 0 aliphatic carbocycles. The Hall–Kier alpha value is -1.36. The number of hydrogen-bond donors (Lipinski definition) is 1.